The quantitative estimate of drug-likeness (QED) is 0.656. The first-order chi connectivity index (χ1) is 16.7. The van der Waals surface area contributed by atoms with E-state index in [1.54, 1.807) is 24.6 Å². The van der Waals surface area contributed by atoms with Gasteiger partial charge in [0, 0.05) is 57.0 Å². The molecule has 1 aromatic rings. The molecule has 0 aromatic carbocycles. The van der Waals surface area contributed by atoms with Gasteiger partial charge in [-0.05, 0) is 31.1 Å². The molecule has 0 aliphatic carbocycles. The summed E-state index contributed by atoms with van der Waals surface area (Å²) < 4.78 is 16.4. The Morgan fingerprint density at radius 1 is 1.15 bits per heavy atom. The maximum atomic E-state index is 13.3. The molecule has 5 heterocycles. The van der Waals surface area contributed by atoms with E-state index in [4.69, 9.17) is 18.9 Å². The molecular weight excluding hydrogens is 456 g/mol. The second-order valence-corrected chi connectivity index (χ2v) is 10.1. The number of aliphatic imine (C=N–C) groups is 2. The summed E-state index contributed by atoms with van der Waals surface area (Å²) in [5.74, 6) is 0.544. The Kier molecular flexibility index (Phi) is 7.58. The minimum absolute atomic E-state index is 0.0423. The lowest BCUT2D eigenvalue weighted by Gasteiger charge is -2.29. The number of furan rings is 1. The zero-order chi connectivity index (χ0) is 23.3. The molecule has 1 amide bonds. The molecule has 3 unspecified atom stereocenters. The lowest BCUT2D eigenvalue weighted by Crippen LogP contribution is -2.41. The molecule has 1 aromatic heterocycles. The van der Waals surface area contributed by atoms with E-state index in [1.165, 1.54) is 11.8 Å². The Hall–Kier alpha value is -2.27. The fraction of sp³-hybridized carbons (Fsp3) is 0.583. The minimum Gasteiger partial charge on any atom is -0.467 e. The van der Waals surface area contributed by atoms with Gasteiger partial charge in [-0.3, -0.25) is 19.5 Å². The molecule has 2 saturated heterocycles. The van der Waals surface area contributed by atoms with Crippen LogP contribution in [0.3, 0.4) is 0 Å². The van der Waals surface area contributed by atoms with E-state index in [2.05, 4.69) is 15.2 Å². The molecule has 0 radical (unpaired) electrons. The Bertz CT molecular complexity index is 964. The Labute approximate surface area is 203 Å². The number of nitrogens with zero attached hydrogens (tertiary/aromatic N) is 3. The number of hydrogen-bond donors (Lipinski definition) is 1. The lowest BCUT2D eigenvalue weighted by atomic mass is 9.90. The molecule has 9 nitrogen and oxygen atoms in total. The van der Waals surface area contributed by atoms with Crippen LogP contribution < -0.4 is 5.32 Å². The van der Waals surface area contributed by atoms with Crippen molar-refractivity contribution >= 4 is 34.8 Å². The van der Waals surface area contributed by atoms with Crippen molar-refractivity contribution in [2.75, 3.05) is 46.1 Å². The Morgan fingerprint density at radius 2 is 1.94 bits per heavy atom. The molecule has 182 valence electrons. The predicted octanol–water partition coefficient (Wildman–Crippen LogP) is 2.01. The van der Waals surface area contributed by atoms with Gasteiger partial charge < -0.3 is 19.2 Å². The van der Waals surface area contributed by atoms with E-state index in [0.29, 0.717) is 36.1 Å². The second kappa shape index (κ2) is 11.0. The normalized spacial score (nSPS) is 28.4. The number of dihydropyridines is 1. The SMILES string of the molecule is O=C(NC1=NC(c2ccco2)C(C(=O)C2CCOCC2)S1)C1=CC=NC(CN2CCOCC2)C1. The number of rotatable bonds is 6. The molecule has 0 saturated carbocycles. The molecule has 1 N–H and O–H groups in total. The maximum absolute atomic E-state index is 13.3. The summed E-state index contributed by atoms with van der Waals surface area (Å²) in [6.45, 7) is 5.27. The number of ether oxygens (including phenoxy) is 2. The lowest BCUT2D eigenvalue weighted by molar-refractivity contribution is -0.125. The summed E-state index contributed by atoms with van der Waals surface area (Å²) in [5.41, 5.74) is 0.672. The van der Waals surface area contributed by atoms with Gasteiger partial charge in [0.05, 0.1) is 25.5 Å². The standard InChI is InChI=1S/C24H30N4O5S/c29-21(16-4-10-31-11-5-16)22-20(19-2-1-9-33-19)26-24(34-22)27-23(30)17-3-6-25-18(14-17)15-28-7-12-32-13-8-28/h1-3,6,9,16,18,20,22H,4-5,7-8,10-15H2,(H,26,27,30). The smallest absolute Gasteiger partial charge is 0.253 e. The first kappa shape index (κ1) is 23.5. The highest BCUT2D eigenvalue weighted by Gasteiger charge is 2.42. The van der Waals surface area contributed by atoms with Crippen molar-refractivity contribution in [2.45, 2.75) is 36.6 Å². The highest BCUT2D eigenvalue weighted by Crippen LogP contribution is 2.40. The van der Waals surface area contributed by atoms with Crippen molar-refractivity contribution in [1.82, 2.24) is 10.2 Å². The number of amidine groups is 1. The largest absolute Gasteiger partial charge is 0.467 e. The fourth-order valence-corrected chi connectivity index (χ4v) is 5.94. The van der Waals surface area contributed by atoms with Crippen LogP contribution in [-0.2, 0) is 19.1 Å². The van der Waals surface area contributed by atoms with Crippen LogP contribution in [0, 0.1) is 5.92 Å². The molecular formula is C24H30N4O5S. The van der Waals surface area contributed by atoms with Crippen molar-refractivity contribution in [3.8, 4) is 0 Å². The second-order valence-electron chi connectivity index (χ2n) is 8.94. The summed E-state index contributed by atoms with van der Waals surface area (Å²) in [6, 6.07) is 3.23. The topological polar surface area (TPSA) is 106 Å². The van der Waals surface area contributed by atoms with Crippen LogP contribution in [0.4, 0.5) is 0 Å². The average Bonchev–Trinajstić information content (AvgIpc) is 3.55. The van der Waals surface area contributed by atoms with Crippen LogP contribution in [-0.4, -0.2) is 85.3 Å². The monoisotopic (exact) mass is 486 g/mol. The highest BCUT2D eigenvalue weighted by molar-refractivity contribution is 8.15. The third-order valence-corrected chi connectivity index (χ3v) is 7.81. The average molecular weight is 487 g/mol. The highest BCUT2D eigenvalue weighted by atomic mass is 32.2. The van der Waals surface area contributed by atoms with E-state index in [1.807, 2.05) is 6.07 Å². The van der Waals surface area contributed by atoms with Crippen molar-refractivity contribution in [1.29, 1.82) is 0 Å². The Morgan fingerprint density at radius 3 is 2.71 bits per heavy atom. The molecule has 34 heavy (non-hydrogen) atoms. The fourth-order valence-electron chi connectivity index (χ4n) is 4.74. The first-order valence-electron chi connectivity index (χ1n) is 11.9. The molecule has 10 heteroatoms. The van der Waals surface area contributed by atoms with Crippen LogP contribution >= 0.6 is 11.8 Å². The van der Waals surface area contributed by atoms with Gasteiger partial charge in [-0.25, -0.2) is 4.99 Å². The van der Waals surface area contributed by atoms with Crippen molar-refractivity contribution < 1.29 is 23.5 Å². The third kappa shape index (κ3) is 5.51. The third-order valence-electron chi connectivity index (χ3n) is 6.63. The van der Waals surface area contributed by atoms with Crippen LogP contribution in [0.2, 0.25) is 0 Å². The van der Waals surface area contributed by atoms with Crippen molar-refractivity contribution in [3.05, 3.63) is 35.8 Å². The van der Waals surface area contributed by atoms with Gasteiger partial charge in [0.15, 0.2) is 11.0 Å². The number of Topliss-reactive ketones (excluding diaryl/α,β-unsaturated/α-hetero) is 1. The van der Waals surface area contributed by atoms with Crippen LogP contribution in [0.1, 0.15) is 31.1 Å². The van der Waals surface area contributed by atoms with E-state index >= 15 is 0 Å². The zero-order valence-corrected chi connectivity index (χ0v) is 19.9. The minimum atomic E-state index is -0.443. The number of allylic oxidation sites excluding steroid dienone is 1. The van der Waals surface area contributed by atoms with Gasteiger partial charge in [-0.15, -0.1) is 0 Å². The van der Waals surface area contributed by atoms with E-state index in [0.717, 1.165) is 45.7 Å². The molecule has 3 atom stereocenters. The molecule has 4 aliphatic heterocycles. The molecule has 0 bridgehead atoms. The number of hydrogen-bond acceptors (Lipinski definition) is 9. The van der Waals surface area contributed by atoms with Crippen LogP contribution in [0.25, 0.3) is 0 Å². The number of thioether (sulfide) groups is 1. The number of carbonyl (C=O) groups is 2. The number of carbonyl (C=O) groups excluding carboxylic acids is 2. The maximum Gasteiger partial charge on any atom is 0.253 e. The number of ketones is 1. The molecule has 0 spiro atoms. The van der Waals surface area contributed by atoms with Gasteiger partial charge in [0.1, 0.15) is 17.1 Å². The van der Waals surface area contributed by atoms with Crippen LogP contribution in [0.15, 0.2) is 44.4 Å². The van der Waals surface area contributed by atoms with Gasteiger partial charge in [0.2, 0.25) is 0 Å². The van der Waals surface area contributed by atoms with E-state index in [9.17, 15) is 9.59 Å². The van der Waals surface area contributed by atoms with Gasteiger partial charge >= 0.3 is 0 Å². The summed E-state index contributed by atoms with van der Waals surface area (Å²) in [6.07, 6.45) is 7.08. The van der Waals surface area contributed by atoms with Gasteiger partial charge in [0.25, 0.3) is 5.91 Å². The van der Waals surface area contributed by atoms with Gasteiger partial charge in [-0.2, -0.15) is 0 Å². The molecule has 2 fully saturated rings. The molecule has 5 rings (SSSR count). The predicted molar refractivity (Wildman–Crippen MR) is 129 cm³/mol. The van der Waals surface area contributed by atoms with E-state index in [-0.39, 0.29) is 23.7 Å². The number of morpholine rings is 1. The summed E-state index contributed by atoms with van der Waals surface area (Å²) >= 11 is 1.33. The van der Waals surface area contributed by atoms with Crippen molar-refractivity contribution in [2.24, 2.45) is 15.9 Å². The van der Waals surface area contributed by atoms with Crippen molar-refractivity contribution in [3.63, 3.8) is 0 Å². The van der Waals surface area contributed by atoms with Crippen LogP contribution in [0.5, 0.6) is 0 Å². The first-order valence-corrected chi connectivity index (χ1v) is 12.8. The Balaban J connectivity index is 1.23. The number of nitrogens with one attached hydrogen (secondary N) is 1. The molecule has 4 aliphatic rings. The summed E-state index contributed by atoms with van der Waals surface area (Å²) in [4.78, 5) is 38.0. The summed E-state index contributed by atoms with van der Waals surface area (Å²) in [5, 5.41) is 2.99. The number of amides is 1. The summed E-state index contributed by atoms with van der Waals surface area (Å²) in [7, 11) is 0. The van der Waals surface area contributed by atoms with E-state index < -0.39 is 11.3 Å². The zero-order valence-electron chi connectivity index (χ0n) is 19.1. The van der Waals surface area contributed by atoms with Gasteiger partial charge in [-0.1, -0.05) is 11.8 Å².